The van der Waals surface area contributed by atoms with E-state index in [2.05, 4.69) is 0 Å². The minimum Gasteiger partial charge on any atom is -0.479 e. The van der Waals surface area contributed by atoms with Crippen molar-refractivity contribution in [1.29, 1.82) is 0 Å². The van der Waals surface area contributed by atoms with Crippen LogP contribution in [0.5, 0.6) is 0 Å². The quantitative estimate of drug-likeness (QED) is 0.0802. The number of nitrogens with two attached hydrogens (primary N) is 2. The number of aliphatic carboxylic acids is 2. The van der Waals surface area contributed by atoms with Crippen LogP contribution < -0.4 is 11.5 Å². The minimum atomic E-state index is -2.23. The van der Waals surface area contributed by atoms with E-state index in [0.29, 0.717) is 0 Å². The summed E-state index contributed by atoms with van der Waals surface area (Å²) in [4.78, 5) is 23.6. The van der Waals surface area contributed by atoms with Gasteiger partial charge in [0, 0.05) is 0 Å². The van der Waals surface area contributed by atoms with Crippen molar-refractivity contribution in [3.8, 4) is 0 Å². The molecule has 3 fully saturated rings. The molecule has 3 saturated heterocycles. The highest BCUT2D eigenvalue weighted by Gasteiger charge is 2.55. The number of carbonyl (C=O) groups is 2. The molecule has 0 radical (unpaired) electrons. The molecule has 23 nitrogen and oxygen atoms in total. The largest absolute Gasteiger partial charge is 0.479 e. The molecule has 3 aliphatic rings. The Balaban J connectivity index is 1.83. The smallest absolute Gasteiger partial charge is 0.335 e. The average molecular weight is 695 g/mol. The van der Waals surface area contributed by atoms with Crippen LogP contribution in [0.1, 0.15) is 0 Å². The molecule has 17 N–H and O–H groups in total. The van der Waals surface area contributed by atoms with Crippen molar-refractivity contribution in [2.75, 3.05) is 19.8 Å². The summed E-state index contributed by atoms with van der Waals surface area (Å²) in [6, 6.07) is -3.21. The highest BCUT2D eigenvalue weighted by Crippen LogP contribution is 2.33. The zero-order chi connectivity index (χ0) is 35.5. The molecule has 23 heteroatoms. The average Bonchev–Trinajstić information content (AvgIpc) is 3.04. The Hall–Kier alpha value is -1.82. The van der Waals surface area contributed by atoms with E-state index < -0.39 is 148 Å². The molecule has 0 bridgehead atoms. The Bertz CT molecular complexity index is 1030. The van der Waals surface area contributed by atoms with Gasteiger partial charge >= 0.3 is 11.9 Å². The van der Waals surface area contributed by atoms with Gasteiger partial charge in [-0.3, -0.25) is 0 Å². The first-order chi connectivity index (χ1) is 22.0. The number of ether oxygens (including phenoxy) is 6. The summed E-state index contributed by atoms with van der Waals surface area (Å²) in [5.74, 6) is -3.57. The van der Waals surface area contributed by atoms with Crippen LogP contribution >= 0.6 is 0 Å². The summed E-state index contributed by atoms with van der Waals surface area (Å²) in [6.07, 6.45) is -34.1. The second-order valence-electron chi connectivity index (χ2n) is 11.2. The van der Waals surface area contributed by atoms with Crippen molar-refractivity contribution < 1.29 is 104 Å². The fourth-order valence-corrected chi connectivity index (χ4v) is 5.18. The zero-order valence-electron chi connectivity index (χ0n) is 24.3. The summed E-state index contributed by atoms with van der Waals surface area (Å²) >= 11 is 0. The van der Waals surface area contributed by atoms with Crippen LogP contribution in [0.15, 0.2) is 0 Å². The molecule has 0 aliphatic carbocycles. The topological polar surface area (TPSA) is 405 Å². The maximum atomic E-state index is 12.2. The maximum absolute atomic E-state index is 12.2. The van der Waals surface area contributed by atoms with E-state index >= 15 is 0 Å². The van der Waals surface area contributed by atoms with Crippen molar-refractivity contribution in [1.82, 2.24) is 0 Å². The van der Waals surface area contributed by atoms with Gasteiger partial charge in [-0.15, -0.1) is 0 Å². The van der Waals surface area contributed by atoms with Gasteiger partial charge in [-0.05, 0) is 0 Å². The maximum Gasteiger partial charge on any atom is 0.335 e. The molecular weight excluding hydrogens is 652 g/mol. The molecule has 0 aromatic heterocycles. The molecule has 19 atom stereocenters. The molecular formula is C24H42N2O21. The third-order valence-corrected chi connectivity index (χ3v) is 7.93. The highest BCUT2D eigenvalue weighted by molar-refractivity contribution is 5.74. The summed E-state index contributed by atoms with van der Waals surface area (Å²) in [5.41, 5.74) is 11.8. The van der Waals surface area contributed by atoms with Gasteiger partial charge in [-0.1, -0.05) is 0 Å². The van der Waals surface area contributed by atoms with Crippen LogP contribution in [0.3, 0.4) is 0 Å². The normalized spacial score (nSPS) is 43.9. The molecule has 0 aromatic rings. The predicted octanol–water partition coefficient (Wildman–Crippen LogP) is -10.00. The number of hydrogen-bond acceptors (Lipinski definition) is 21. The highest BCUT2D eigenvalue weighted by atomic mass is 16.8. The van der Waals surface area contributed by atoms with Crippen molar-refractivity contribution in [2.45, 2.75) is 116 Å². The lowest BCUT2D eigenvalue weighted by molar-refractivity contribution is -0.362. The molecule has 47 heavy (non-hydrogen) atoms. The number of hydrogen-bond donors (Lipinski definition) is 15. The van der Waals surface area contributed by atoms with E-state index in [0.717, 1.165) is 0 Å². The lowest BCUT2D eigenvalue weighted by Gasteiger charge is -2.48. The van der Waals surface area contributed by atoms with Crippen LogP contribution in [-0.4, -0.2) is 215 Å². The predicted molar refractivity (Wildman–Crippen MR) is 141 cm³/mol. The van der Waals surface area contributed by atoms with E-state index in [1.54, 1.807) is 0 Å². The SMILES string of the molecule is NC(CO)[C@@H](O[C@@H]1OC(C(=O)O)[C@@H](O[C@@H]2OC(CO)[C@@H](O)[C@H](O[C@@H]3OC(C(=O)O)[C@@H](O)[C@H](O)C3O)C2N)[C@H](O)C1O)[C@H](O)C(O)CO. The number of aliphatic hydroxyl groups excluding tert-OH is 11. The van der Waals surface area contributed by atoms with Gasteiger partial charge in [0.25, 0.3) is 0 Å². The van der Waals surface area contributed by atoms with Gasteiger partial charge in [0.15, 0.2) is 31.1 Å². The Kier molecular flexibility index (Phi) is 14.1. The first-order valence-corrected chi connectivity index (χ1v) is 14.2. The van der Waals surface area contributed by atoms with Crippen LogP contribution in [-0.2, 0) is 38.0 Å². The first-order valence-electron chi connectivity index (χ1n) is 14.2. The summed E-state index contributed by atoms with van der Waals surface area (Å²) in [7, 11) is 0. The second kappa shape index (κ2) is 16.7. The summed E-state index contributed by atoms with van der Waals surface area (Å²) in [6.45, 7) is -2.81. The molecule has 3 heterocycles. The van der Waals surface area contributed by atoms with Crippen LogP contribution in [0.4, 0.5) is 0 Å². The van der Waals surface area contributed by atoms with Crippen LogP contribution in [0.25, 0.3) is 0 Å². The van der Waals surface area contributed by atoms with E-state index in [-0.39, 0.29) is 0 Å². The summed E-state index contributed by atoms with van der Waals surface area (Å²) < 4.78 is 32.1. The number of carboxylic acids is 2. The molecule has 274 valence electrons. The van der Waals surface area contributed by atoms with Gasteiger partial charge in [0.1, 0.15) is 73.2 Å². The lowest BCUT2D eigenvalue weighted by Crippen LogP contribution is -2.69. The minimum absolute atomic E-state index is 0.864. The monoisotopic (exact) mass is 694 g/mol. The van der Waals surface area contributed by atoms with Gasteiger partial charge < -0.3 is 106 Å². The molecule has 3 rings (SSSR count). The molecule has 3 aliphatic heterocycles. The zero-order valence-corrected chi connectivity index (χ0v) is 24.3. The van der Waals surface area contributed by atoms with Crippen molar-refractivity contribution in [2.24, 2.45) is 11.5 Å². The Labute approximate surface area is 264 Å². The number of carboxylic acid groups (broad SMARTS) is 2. The van der Waals surface area contributed by atoms with E-state index in [4.69, 9.17) is 45.0 Å². The van der Waals surface area contributed by atoms with Gasteiger partial charge in [-0.25, -0.2) is 9.59 Å². The fourth-order valence-electron chi connectivity index (χ4n) is 5.18. The lowest BCUT2D eigenvalue weighted by atomic mass is 9.95. The molecule has 0 amide bonds. The van der Waals surface area contributed by atoms with Crippen LogP contribution in [0.2, 0.25) is 0 Å². The van der Waals surface area contributed by atoms with E-state index in [1.165, 1.54) is 0 Å². The standard InChI is InChI=1S/C24H42N2O21/c25-4(1-27)15(8(31)5(30)2-28)43-24-14(37)12(35)17(19(47-24)21(40)41)45-22-7(26)16(9(32)6(3-29)42-22)44-23-13(36)10(33)11(34)18(46-23)20(38)39/h4-19,22-24,27-37H,1-3,25-26H2,(H,38,39)(H,40,41)/t4?,5?,6?,7?,8-,9-,10+,11+,12-,13?,14?,15-,16-,17+,18?,19?,22+,23-,24-/m1/s1. The fraction of sp³-hybridized carbons (Fsp3) is 0.917. The van der Waals surface area contributed by atoms with E-state index in [1.807, 2.05) is 0 Å². The van der Waals surface area contributed by atoms with Gasteiger partial charge in [0.05, 0.1) is 31.9 Å². The Morgan fingerprint density at radius 1 is 0.681 bits per heavy atom. The number of rotatable bonds is 14. The first kappa shape index (κ1) is 39.6. The molecule has 8 unspecified atom stereocenters. The van der Waals surface area contributed by atoms with Crippen molar-refractivity contribution in [3.05, 3.63) is 0 Å². The molecule has 0 aromatic carbocycles. The van der Waals surface area contributed by atoms with Crippen molar-refractivity contribution >= 4 is 11.9 Å². The molecule has 0 spiro atoms. The summed E-state index contributed by atoms with van der Waals surface area (Å²) in [5, 5.41) is 130. The third-order valence-electron chi connectivity index (χ3n) is 7.93. The third kappa shape index (κ3) is 8.50. The number of aliphatic hydroxyl groups is 11. The van der Waals surface area contributed by atoms with Crippen molar-refractivity contribution in [3.63, 3.8) is 0 Å². The van der Waals surface area contributed by atoms with Crippen LogP contribution in [0, 0.1) is 0 Å². The van der Waals surface area contributed by atoms with E-state index in [9.17, 15) is 70.9 Å². The Morgan fingerprint density at radius 3 is 1.77 bits per heavy atom. The van der Waals surface area contributed by atoms with Gasteiger partial charge in [0.2, 0.25) is 0 Å². The molecule has 0 saturated carbocycles. The Morgan fingerprint density at radius 2 is 1.23 bits per heavy atom. The second-order valence-corrected chi connectivity index (χ2v) is 11.2. The van der Waals surface area contributed by atoms with Gasteiger partial charge in [-0.2, -0.15) is 0 Å².